The molecule has 0 aliphatic carbocycles. The van der Waals surface area contributed by atoms with Gasteiger partial charge in [-0.05, 0) is 26.7 Å². The molecule has 0 spiro atoms. The molecule has 8 heteroatoms. The lowest BCUT2D eigenvalue weighted by Gasteiger charge is -2.03. The first-order valence-electron chi connectivity index (χ1n) is 20.1. The van der Waals surface area contributed by atoms with Gasteiger partial charge in [0.25, 0.3) is 0 Å². The first kappa shape index (κ1) is 53.6. The van der Waals surface area contributed by atoms with E-state index in [1.165, 1.54) is 168 Å². The fourth-order valence-corrected chi connectivity index (χ4v) is 4.94. The normalized spacial score (nSPS) is 11.7. The SMILES string of the molecule is CC(O)CO.CC(O)CO.CCCCCCCCCCCCCCCC(=O)O.CCCCCCCCCCCCCCCCCC(=O)O. The van der Waals surface area contributed by atoms with Gasteiger partial charge in [-0.25, -0.2) is 0 Å². The Morgan fingerprint density at radius 1 is 0.375 bits per heavy atom. The van der Waals surface area contributed by atoms with Crippen LogP contribution in [0.3, 0.4) is 0 Å². The molecule has 0 aliphatic heterocycles. The predicted molar refractivity (Wildman–Crippen MR) is 203 cm³/mol. The van der Waals surface area contributed by atoms with E-state index >= 15 is 0 Å². The van der Waals surface area contributed by atoms with Crippen molar-refractivity contribution in [3.63, 3.8) is 0 Å². The Labute approximate surface area is 297 Å². The highest BCUT2D eigenvalue weighted by molar-refractivity contribution is 5.66. The Hall–Kier alpha value is -1.22. The number of aliphatic hydroxyl groups is 4. The van der Waals surface area contributed by atoms with Crippen LogP contribution in [-0.2, 0) is 9.59 Å². The Morgan fingerprint density at radius 2 is 0.521 bits per heavy atom. The number of hydrogen-bond acceptors (Lipinski definition) is 6. The molecule has 0 fully saturated rings. The monoisotopic (exact) mass is 693 g/mol. The highest BCUT2D eigenvalue weighted by Crippen LogP contribution is 2.14. The van der Waals surface area contributed by atoms with Gasteiger partial charge in [0.05, 0.1) is 25.4 Å². The van der Waals surface area contributed by atoms with Crippen molar-refractivity contribution in [2.24, 2.45) is 0 Å². The molecule has 0 amide bonds. The molecule has 6 N–H and O–H groups in total. The summed E-state index contributed by atoms with van der Waals surface area (Å²) in [6, 6.07) is 0. The topological polar surface area (TPSA) is 156 Å². The van der Waals surface area contributed by atoms with Crippen molar-refractivity contribution in [2.75, 3.05) is 13.2 Å². The van der Waals surface area contributed by atoms with Gasteiger partial charge >= 0.3 is 11.9 Å². The van der Waals surface area contributed by atoms with E-state index in [1.807, 2.05) is 0 Å². The van der Waals surface area contributed by atoms with E-state index in [0.717, 1.165) is 25.7 Å². The zero-order chi connectivity index (χ0) is 36.9. The first-order valence-corrected chi connectivity index (χ1v) is 20.1. The third-order valence-electron chi connectivity index (χ3n) is 8.02. The van der Waals surface area contributed by atoms with Crippen LogP contribution in [-0.4, -0.2) is 68.0 Å². The molecule has 0 saturated heterocycles. The van der Waals surface area contributed by atoms with E-state index in [-0.39, 0.29) is 13.2 Å². The zero-order valence-corrected chi connectivity index (χ0v) is 32.3. The highest BCUT2D eigenvalue weighted by Gasteiger charge is 1.98. The lowest BCUT2D eigenvalue weighted by molar-refractivity contribution is -0.138. The van der Waals surface area contributed by atoms with Crippen molar-refractivity contribution >= 4 is 11.9 Å². The maximum absolute atomic E-state index is 10.3. The van der Waals surface area contributed by atoms with Crippen LogP contribution in [0.25, 0.3) is 0 Å². The Bertz CT molecular complexity index is 576. The second-order valence-corrected chi connectivity index (χ2v) is 13.5. The zero-order valence-electron chi connectivity index (χ0n) is 32.3. The summed E-state index contributed by atoms with van der Waals surface area (Å²) in [5, 5.41) is 49.0. The van der Waals surface area contributed by atoms with Crippen molar-refractivity contribution < 1.29 is 40.2 Å². The fraction of sp³-hybridized carbons (Fsp3) is 0.950. The predicted octanol–water partition coefficient (Wildman–Crippen LogP) is 10.6. The average molecular weight is 693 g/mol. The molecule has 0 aromatic heterocycles. The molecule has 0 rings (SSSR count). The van der Waals surface area contributed by atoms with Gasteiger partial charge in [-0.1, -0.05) is 181 Å². The van der Waals surface area contributed by atoms with Crippen molar-refractivity contribution in [3.8, 4) is 0 Å². The minimum Gasteiger partial charge on any atom is -0.481 e. The minimum absolute atomic E-state index is 0.139. The number of aliphatic hydroxyl groups excluding tert-OH is 4. The molecule has 2 unspecified atom stereocenters. The molecule has 8 nitrogen and oxygen atoms in total. The van der Waals surface area contributed by atoms with Crippen molar-refractivity contribution in [2.45, 2.75) is 233 Å². The van der Waals surface area contributed by atoms with Crippen molar-refractivity contribution in [1.29, 1.82) is 0 Å². The van der Waals surface area contributed by atoms with Crippen LogP contribution < -0.4 is 0 Å². The third kappa shape index (κ3) is 71.0. The minimum atomic E-state index is -0.655. The Balaban J connectivity index is -0.000000315. The summed E-state index contributed by atoms with van der Waals surface area (Å²) in [6.07, 6.45) is 36.3. The van der Waals surface area contributed by atoms with Crippen molar-refractivity contribution in [1.82, 2.24) is 0 Å². The summed E-state index contributed by atoms with van der Waals surface area (Å²) in [6.45, 7) is 7.31. The molecule has 0 heterocycles. The summed E-state index contributed by atoms with van der Waals surface area (Å²) in [4.78, 5) is 20.6. The summed E-state index contributed by atoms with van der Waals surface area (Å²) in [5.74, 6) is -1.31. The van der Waals surface area contributed by atoms with Gasteiger partial charge in [0, 0.05) is 12.8 Å². The van der Waals surface area contributed by atoms with E-state index in [1.54, 1.807) is 0 Å². The number of aliphatic carboxylic acids is 2. The van der Waals surface area contributed by atoms with Gasteiger partial charge in [0.2, 0.25) is 0 Å². The molecule has 292 valence electrons. The Kier molecular flexibility index (Phi) is 56.0. The second-order valence-electron chi connectivity index (χ2n) is 13.5. The lowest BCUT2D eigenvalue weighted by Crippen LogP contribution is -2.03. The highest BCUT2D eigenvalue weighted by atomic mass is 16.4. The summed E-state index contributed by atoms with van der Waals surface area (Å²) >= 11 is 0. The Morgan fingerprint density at radius 3 is 0.646 bits per heavy atom. The number of carboxylic acid groups (broad SMARTS) is 2. The summed E-state index contributed by atoms with van der Waals surface area (Å²) in [7, 11) is 0. The molecular formula is C40H84O8. The number of carbonyl (C=O) groups is 2. The largest absolute Gasteiger partial charge is 0.481 e. The molecule has 0 aromatic rings. The quantitative estimate of drug-likeness (QED) is 0.0380. The fourth-order valence-electron chi connectivity index (χ4n) is 4.94. The second kappa shape index (κ2) is 50.2. The van der Waals surface area contributed by atoms with E-state index in [4.69, 9.17) is 30.6 Å². The van der Waals surface area contributed by atoms with Gasteiger partial charge in [0.1, 0.15) is 0 Å². The average Bonchev–Trinajstić information content (AvgIpc) is 3.05. The third-order valence-corrected chi connectivity index (χ3v) is 8.02. The van der Waals surface area contributed by atoms with E-state index in [2.05, 4.69) is 13.8 Å². The standard InChI is InChI=1S/C18H36O2.C16H32O2.2C3H8O2/c1-2-3-4-5-6-7-8-9-10-11-12-13-14-15-16-17-18(19)20;1-2-3-4-5-6-7-8-9-10-11-12-13-14-15-16(17)18;2*1-3(5)2-4/h2-17H2,1H3,(H,19,20);2-15H2,1H3,(H,17,18);2*3-5H,2H2,1H3. The molecule has 0 bridgehead atoms. The lowest BCUT2D eigenvalue weighted by atomic mass is 10.0. The van der Waals surface area contributed by atoms with Crippen LogP contribution in [0, 0.1) is 0 Å². The molecule has 2 atom stereocenters. The molecule has 0 radical (unpaired) electrons. The van der Waals surface area contributed by atoms with Crippen LogP contribution in [0.4, 0.5) is 0 Å². The number of carboxylic acids is 2. The number of hydrogen-bond donors (Lipinski definition) is 6. The van der Waals surface area contributed by atoms with Gasteiger partial charge in [-0.2, -0.15) is 0 Å². The van der Waals surface area contributed by atoms with Crippen LogP contribution >= 0.6 is 0 Å². The van der Waals surface area contributed by atoms with Crippen LogP contribution in [0.5, 0.6) is 0 Å². The van der Waals surface area contributed by atoms with Gasteiger partial charge in [0.15, 0.2) is 0 Å². The first-order chi connectivity index (χ1) is 23.1. The molecule has 0 saturated carbocycles. The van der Waals surface area contributed by atoms with Crippen LogP contribution in [0.15, 0.2) is 0 Å². The molecule has 48 heavy (non-hydrogen) atoms. The van der Waals surface area contributed by atoms with Crippen LogP contribution in [0.2, 0.25) is 0 Å². The summed E-state index contributed by atoms with van der Waals surface area (Å²) in [5.41, 5.74) is 0. The smallest absolute Gasteiger partial charge is 0.303 e. The van der Waals surface area contributed by atoms with Gasteiger partial charge < -0.3 is 30.6 Å². The van der Waals surface area contributed by atoms with E-state index in [0.29, 0.717) is 12.8 Å². The van der Waals surface area contributed by atoms with Gasteiger partial charge in [-0.3, -0.25) is 9.59 Å². The summed E-state index contributed by atoms with van der Waals surface area (Å²) < 4.78 is 0. The van der Waals surface area contributed by atoms with Crippen molar-refractivity contribution in [3.05, 3.63) is 0 Å². The maximum Gasteiger partial charge on any atom is 0.303 e. The maximum atomic E-state index is 10.3. The number of unbranched alkanes of at least 4 members (excludes halogenated alkanes) is 26. The molecular weight excluding hydrogens is 608 g/mol. The molecule has 0 aromatic carbocycles. The van der Waals surface area contributed by atoms with Gasteiger partial charge in [-0.15, -0.1) is 0 Å². The van der Waals surface area contributed by atoms with E-state index in [9.17, 15) is 9.59 Å². The molecule has 0 aliphatic rings. The van der Waals surface area contributed by atoms with E-state index < -0.39 is 24.1 Å². The van der Waals surface area contributed by atoms with Crippen LogP contribution in [0.1, 0.15) is 220 Å². The number of rotatable bonds is 32.